The first kappa shape index (κ1) is 12.4. The summed E-state index contributed by atoms with van der Waals surface area (Å²) in [6.07, 6.45) is 0. The van der Waals surface area contributed by atoms with Crippen LogP contribution in [0.2, 0.25) is 20.1 Å². The van der Waals surface area contributed by atoms with Gasteiger partial charge in [0.2, 0.25) is 0 Å². The van der Waals surface area contributed by atoms with Crippen molar-refractivity contribution in [1.82, 2.24) is 0 Å². The van der Waals surface area contributed by atoms with Gasteiger partial charge < -0.3 is 0 Å². The third kappa shape index (κ3) is 1.76. The molecule has 0 amide bonds. The average molecular weight is 314 g/mol. The van der Waals surface area contributed by atoms with Crippen LogP contribution < -0.4 is 0 Å². The third-order valence-corrected chi connectivity index (χ3v) is 4.40. The lowest BCUT2D eigenvalue weighted by Gasteiger charge is -2.09. The minimum Gasteiger partial charge on any atom is -0.0829 e. The molecule has 0 bridgehead atoms. The van der Waals surface area contributed by atoms with Crippen LogP contribution in [0.15, 0.2) is 24.3 Å². The van der Waals surface area contributed by atoms with Crippen molar-refractivity contribution in [2.24, 2.45) is 0 Å². The Morgan fingerprint density at radius 1 is 0.944 bits per heavy atom. The average Bonchev–Trinajstić information content (AvgIpc) is 2.36. The van der Waals surface area contributed by atoms with Crippen molar-refractivity contribution in [2.75, 3.05) is 0 Å². The molecule has 0 aromatic heterocycles. The second-order valence-electron chi connectivity index (χ2n) is 3.83. The van der Waals surface area contributed by atoms with Crippen molar-refractivity contribution in [2.45, 2.75) is 0 Å². The second kappa shape index (κ2) is 4.47. The summed E-state index contributed by atoms with van der Waals surface area (Å²) in [5.41, 5.74) is 0. The van der Waals surface area contributed by atoms with E-state index >= 15 is 0 Å². The Kier molecular flexibility index (Phi) is 3.07. The first-order valence-corrected chi connectivity index (χ1v) is 6.58. The fourth-order valence-corrected chi connectivity index (χ4v) is 3.02. The lowest BCUT2D eigenvalue weighted by atomic mass is 10.0. The lowest BCUT2D eigenvalue weighted by molar-refractivity contribution is 1.74. The van der Waals surface area contributed by atoms with Gasteiger partial charge in [-0.25, -0.2) is 0 Å². The molecule has 3 rings (SSSR count). The highest BCUT2D eigenvalue weighted by Crippen LogP contribution is 2.42. The van der Waals surface area contributed by atoms with E-state index < -0.39 is 0 Å². The smallest absolute Gasteiger partial charge is 0.0791 e. The van der Waals surface area contributed by atoms with Gasteiger partial charge >= 0.3 is 0 Å². The molecule has 0 aliphatic carbocycles. The molecule has 0 N–H and O–H groups in total. The highest BCUT2D eigenvalue weighted by molar-refractivity contribution is 6.53. The Bertz CT molecular complexity index is 778. The fourth-order valence-electron chi connectivity index (χ4n) is 1.93. The highest BCUT2D eigenvalue weighted by Gasteiger charge is 2.14. The maximum Gasteiger partial charge on any atom is 0.0791 e. The molecule has 2 radical (unpaired) electrons. The number of fused-ring (bicyclic) bond motifs is 2. The van der Waals surface area contributed by atoms with Crippen LogP contribution in [0.3, 0.4) is 0 Å². The van der Waals surface area contributed by atoms with Crippen molar-refractivity contribution in [3.63, 3.8) is 0 Å². The Labute approximate surface area is 124 Å². The summed E-state index contributed by atoms with van der Waals surface area (Å²) in [5, 5.41) is 4.74. The van der Waals surface area contributed by atoms with Gasteiger partial charge in [0.1, 0.15) is 0 Å². The van der Waals surface area contributed by atoms with Crippen molar-refractivity contribution in [3.05, 3.63) is 56.5 Å². The summed E-state index contributed by atoms with van der Waals surface area (Å²) in [7, 11) is 0. The van der Waals surface area contributed by atoms with E-state index in [4.69, 9.17) is 46.4 Å². The lowest BCUT2D eigenvalue weighted by Crippen LogP contribution is -1.83. The molecule has 0 aliphatic heterocycles. The van der Waals surface area contributed by atoms with Crippen LogP contribution in [-0.4, -0.2) is 0 Å². The third-order valence-electron chi connectivity index (χ3n) is 2.77. The summed E-state index contributed by atoms with van der Waals surface area (Å²) in [5.74, 6) is 0. The molecule has 0 spiro atoms. The normalized spacial score (nSPS) is 11.3. The molecule has 0 heterocycles. The van der Waals surface area contributed by atoms with Gasteiger partial charge in [0, 0.05) is 16.8 Å². The van der Waals surface area contributed by atoms with Crippen LogP contribution in [0.1, 0.15) is 0 Å². The standard InChI is InChI=1S/C14H4Cl4/c15-10-6-8-5-7-3-1-2-4-9(7)12(16)11(8)14(18)13(10)17/h1,3-5H. The van der Waals surface area contributed by atoms with Crippen LogP contribution in [-0.2, 0) is 0 Å². The van der Waals surface area contributed by atoms with E-state index in [9.17, 15) is 0 Å². The molecular formula is C14H4Cl4. The topological polar surface area (TPSA) is 0 Å². The molecule has 0 nitrogen and oxygen atoms in total. The monoisotopic (exact) mass is 312 g/mol. The predicted octanol–water partition coefficient (Wildman–Crippen LogP) is 6.21. The van der Waals surface area contributed by atoms with E-state index in [0.29, 0.717) is 20.5 Å². The zero-order valence-electron chi connectivity index (χ0n) is 8.82. The maximum atomic E-state index is 6.38. The second-order valence-corrected chi connectivity index (χ2v) is 5.34. The number of rotatable bonds is 0. The SMILES string of the molecule is Clc1[c]c2cc3cc[c]cc3c(Cl)c2c(Cl)c1Cl. The Hall–Kier alpha value is -0.660. The summed E-state index contributed by atoms with van der Waals surface area (Å²) < 4.78 is 0. The zero-order chi connectivity index (χ0) is 12.9. The quantitative estimate of drug-likeness (QED) is 0.342. The van der Waals surface area contributed by atoms with E-state index in [-0.39, 0.29) is 5.02 Å². The molecule has 88 valence electrons. The number of hydrogen-bond acceptors (Lipinski definition) is 0. The van der Waals surface area contributed by atoms with Crippen molar-refractivity contribution >= 4 is 67.9 Å². The molecule has 0 atom stereocenters. The minimum absolute atomic E-state index is 0.270. The maximum absolute atomic E-state index is 6.38. The molecule has 4 heteroatoms. The van der Waals surface area contributed by atoms with Gasteiger partial charge in [-0.1, -0.05) is 58.5 Å². The molecule has 0 unspecified atom stereocenters. The fraction of sp³-hybridized carbons (Fsp3) is 0. The number of benzene rings is 3. The van der Waals surface area contributed by atoms with Crippen LogP contribution in [0.4, 0.5) is 0 Å². The Balaban J connectivity index is 2.61. The molecule has 0 saturated carbocycles. The predicted molar refractivity (Wildman–Crippen MR) is 79.2 cm³/mol. The van der Waals surface area contributed by atoms with E-state index in [1.54, 1.807) is 0 Å². The summed E-state index contributed by atoms with van der Waals surface area (Å²) in [6.45, 7) is 0. The van der Waals surface area contributed by atoms with E-state index in [0.717, 1.165) is 16.2 Å². The van der Waals surface area contributed by atoms with Gasteiger partial charge in [0.05, 0.1) is 20.1 Å². The minimum atomic E-state index is 0.270. The Morgan fingerprint density at radius 2 is 1.72 bits per heavy atom. The van der Waals surface area contributed by atoms with Gasteiger partial charge in [0.25, 0.3) is 0 Å². The van der Waals surface area contributed by atoms with Crippen LogP contribution >= 0.6 is 46.4 Å². The molecule has 0 saturated heterocycles. The van der Waals surface area contributed by atoms with Gasteiger partial charge in [-0.05, 0) is 29.0 Å². The summed E-state index contributed by atoms with van der Waals surface area (Å²) in [4.78, 5) is 0. The molecule has 0 fully saturated rings. The van der Waals surface area contributed by atoms with Crippen molar-refractivity contribution < 1.29 is 0 Å². The van der Waals surface area contributed by atoms with E-state index in [1.165, 1.54) is 0 Å². The Morgan fingerprint density at radius 3 is 2.50 bits per heavy atom. The van der Waals surface area contributed by atoms with Gasteiger partial charge in [-0.2, -0.15) is 0 Å². The largest absolute Gasteiger partial charge is 0.0829 e. The van der Waals surface area contributed by atoms with Gasteiger partial charge in [0.15, 0.2) is 0 Å². The first-order valence-electron chi connectivity index (χ1n) is 5.07. The molecule has 3 aromatic carbocycles. The van der Waals surface area contributed by atoms with Crippen molar-refractivity contribution in [1.29, 1.82) is 0 Å². The van der Waals surface area contributed by atoms with Gasteiger partial charge in [-0.3, -0.25) is 0 Å². The molecule has 3 aromatic rings. The molecule has 0 aliphatic rings. The number of halogens is 4. The first-order chi connectivity index (χ1) is 8.59. The van der Waals surface area contributed by atoms with E-state index in [2.05, 4.69) is 12.1 Å². The summed E-state index contributed by atoms with van der Waals surface area (Å²) >= 11 is 24.6. The summed E-state index contributed by atoms with van der Waals surface area (Å²) in [6, 6.07) is 13.5. The molecule has 18 heavy (non-hydrogen) atoms. The van der Waals surface area contributed by atoms with E-state index in [1.807, 2.05) is 24.3 Å². The highest BCUT2D eigenvalue weighted by atomic mass is 35.5. The molecular weight excluding hydrogens is 310 g/mol. The van der Waals surface area contributed by atoms with Gasteiger partial charge in [-0.15, -0.1) is 0 Å². The zero-order valence-corrected chi connectivity index (χ0v) is 11.8. The van der Waals surface area contributed by atoms with Crippen LogP contribution in [0.25, 0.3) is 21.5 Å². The van der Waals surface area contributed by atoms with Crippen LogP contribution in [0, 0.1) is 12.1 Å². The number of hydrogen-bond donors (Lipinski definition) is 0. The van der Waals surface area contributed by atoms with Crippen LogP contribution in [0.5, 0.6) is 0 Å². The van der Waals surface area contributed by atoms with Crippen molar-refractivity contribution in [3.8, 4) is 0 Å².